The van der Waals surface area contributed by atoms with Crippen molar-refractivity contribution in [1.82, 2.24) is 5.32 Å². The van der Waals surface area contributed by atoms with Gasteiger partial charge in [0.1, 0.15) is 0 Å². The summed E-state index contributed by atoms with van der Waals surface area (Å²) < 4.78 is 0. The summed E-state index contributed by atoms with van der Waals surface area (Å²) in [6.07, 6.45) is 1.26. The molecule has 1 fully saturated rings. The molecule has 0 aliphatic heterocycles. The van der Waals surface area contributed by atoms with E-state index >= 15 is 0 Å². The van der Waals surface area contributed by atoms with Crippen molar-refractivity contribution in [1.29, 1.82) is 0 Å². The van der Waals surface area contributed by atoms with Crippen molar-refractivity contribution in [3.63, 3.8) is 0 Å². The maximum absolute atomic E-state index is 5.94. The SMILES string of the molecule is CC1CC1NCc1cc(Cl)c(N)c(Cl)c1. The second-order valence-electron chi connectivity index (χ2n) is 4.17. The lowest BCUT2D eigenvalue weighted by atomic mass is 10.2. The predicted octanol–water partition coefficient (Wildman–Crippen LogP) is 3.07. The van der Waals surface area contributed by atoms with Gasteiger partial charge in [-0.1, -0.05) is 30.1 Å². The van der Waals surface area contributed by atoms with Crippen molar-refractivity contribution >= 4 is 28.9 Å². The molecule has 0 bridgehead atoms. The first kappa shape index (κ1) is 11.1. The predicted molar refractivity (Wildman–Crippen MR) is 65.3 cm³/mol. The van der Waals surface area contributed by atoms with Crippen LogP contribution in [-0.4, -0.2) is 6.04 Å². The summed E-state index contributed by atoms with van der Waals surface area (Å²) in [5.41, 5.74) is 7.20. The van der Waals surface area contributed by atoms with Crippen molar-refractivity contribution in [3.05, 3.63) is 27.7 Å². The number of hydrogen-bond acceptors (Lipinski definition) is 2. The molecule has 1 saturated carbocycles. The minimum atomic E-state index is 0.460. The Balaban J connectivity index is 2.02. The van der Waals surface area contributed by atoms with Gasteiger partial charge < -0.3 is 11.1 Å². The first-order valence-electron chi connectivity index (χ1n) is 5.04. The van der Waals surface area contributed by atoms with E-state index < -0.39 is 0 Å². The van der Waals surface area contributed by atoms with Gasteiger partial charge in [0.2, 0.25) is 0 Å². The molecular formula is C11H14Cl2N2. The Hall–Kier alpha value is -0.440. The number of nitrogen functional groups attached to an aromatic ring is 1. The summed E-state index contributed by atoms with van der Waals surface area (Å²) in [5, 5.41) is 4.50. The van der Waals surface area contributed by atoms with E-state index in [2.05, 4.69) is 12.2 Å². The van der Waals surface area contributed by atoms with Gasteiger partial charge in [-0.15, -0.1) is 0 Å². The molecule has 0 amide bonds. The van der Waals surface area contributed by atoms with E-state index in [1.54, 1.807) is 0 Å². The van der Waals surface area contributed by atoms with Crippen LogP contribution in [0.15, 0.2) is 12.1 Å². The summed E-state index contributed by atoms with van der Waals surface area (Å²) in [4.78, 5) is 0. The van der Waals surface area contributed by atoms with Gasteiger partial charge in [-0.2, -0.15) is 0 Å². The quantitative estimate of drug-likeness (QED) is 0.803. The molecule has 3 N–H and O–H groups in total. The lowest BCUT2D eigenvalue weighted by molar-refractivity contribution is 0.653. The summed E-state index contributed by atoms with van der Waals surface area (Å²) in [5.74, 6) is 0.796. The Morgan fingerprint density at radius 2 is 1.93 bits per heavy atom. The molecule has 2 rings (SSSR count). The van der Waals surface area contributed by atoms with Crippen molar-refractivity contribution in [2.24, 2.45) is 5.92 Å². The Bertz CT molecular complexity index is 356. The Morgan fingerprint density at radius 1 is 1.40 bits per heavy atom. The molecule has 0 spiro atoms. The van der Waals surface area contributed by atoms with E-state index in [9.17, 15) is 0 Å². The zero-order valence-corrected chi connectivity index (χ0v) is 10.1. The minimum absolute atomic E-state index is 0.460. The minimum Gasteiger partial charge on any atom is -0.396 e. The van der Waals surface area contributed by atoms with Gasteiger partial charge in [0, 0.05) is 12.6 Å². The van der Waals surface area contributed by atoms with Crippen LogP contribution >= 0.6 is 23.2 Å². The average molecular weight is 245 g/mol. The third-order valence-corrected chi connectivity index (χ3v) is 3.44. The number of hydrogen-bond donors (Lipinski definition) is 2. The lowest BCUT2D eigenvalue weighted by Gasteiger charge is -2.07. The molecule has 15 heavy (non-hydrogen) atoms. The van der Waals surface area contributed by atoms with Crippen LogP contribution in [-0.2, 0) is 6.54 Å². The van der Waals surface area contributed by atoms with E-state index in [4.69, 9.17) is 28.9 Å². The molecule has 0 heterocycles. The van der Waals surface area contributed by atoms with Gasteiger partial charge in [-0.3, -0.25) is 0 Å². The van der Waals surface area contributed by atoms with E-state index in [1.165, 1.54) is 6.42 Å². The van der Waals surface area contributed by atoms with Gasteiger partial charge in [-0.25, -0.2) is 0 Å². The highest BCUT2D eigenvalue weighted by atomic mass is 35.5. The zero-order valence-electron chi connectivity index (χ0n) is 8.56. The molecule has 0 saturated heterocycles. The third-order valence-electron chi connectivity index (χ3n) is 2.82. The van der Waals surface area contributed by atoms with Crippen molar-refractivity contribution in [3.8, 4) is 0 Å². The first-order chi connectivity index (χ1) is 7.08. The van der Waals surface area contributed by atoms with Crippen molar-refractivity contribution in [2.45, 2.75) is 25.9 Å². The van der Waals surface area contributed by atoms with Crippen molar-refractivity contribution < 1.29 is 0 Å². The Morgan fingerprint density at radius 3 is 2.40 bits per heavy atom. The number of nitrogens with one attached hydrogen (secondary N) is 1. The number of nitrogens with two attached hydrogens (primary N) is 1. The molecule has 2 atom stereocenters. The molecule has 82 valence electrons. The van der Waals surface area contributed by atoms with E-state index in [1.807, 2.05) is 12.1 Å². The molecule has 0 aromatic heterocycles. The van der Waals surface area contributed by atoms with Crippen LogP contribution in [0.3, 0.4) is 0 Å². The van der Waals surface area contributed by atoms with E-state index in [0.717, 1.165) is 18.0 Å². The van der Waals surface area contributed by atoms with Gasteiger partial charge in [0.05, 0.1) is 15.7 Å². The maximum Gasteiger partial charge on any atom is 0.0693 e. The first-order valence-corrected chi connectivity index (χ1v) is 5.80. The monoisotopic (exact) mass is 244 g/mol. The zero-order chi connectivity index (χ0) is 11.0. The highest BCUT2D eigenvalue weighted by Gasteiger charge is 2.31. The summed E-state index contributed by atoms with van der Waals surface area (Å²) in [6, 6.07) is 4.38. The van der Waals surface area contributed by atoms with Gasteiger partial charge in [0.25, 0.3) is 0 Å². The number of halogens is 2. The molecule has 1 aliphatic carbocycles. The number of benzene rings is 1. The summed E-state index contributed by atoms with van der Waals surface area (Å²) in [7, 11) is 0. The van der Waals surface area contributed by atoms with Crippen LogP contribution in [0.4, 0.5) is 5.69 Å². The number of anilines is 1. The van der Waals surface area contributed by atoms with Gasteiger partial charge in [-0.05, 0) is 30.0 Å². The summed E-state index contributed by atoms with van der Waals surface area (Å²) in [6.45, 7) is 3.04. The lowest BCUT2D eigenvalue weighted by Crippen LogP contribution is -2.17. The smallest absolute Gasteiger partial charge is 0.0693 e. The third kappa shape index (κ3) is 2.57. The average Bonchev–Trinajstić information content (AvgIpc) is 2.88. The van der Waals surface area contributed by atoms with Crippen LogP contribution in [0, 0.1) is 5.92 Å². The second-order valence-corrected chi connectivity index (χ2v) is 4.99. The van der Waals surface area contributed by atoms with E-state index in [-0.39, 0.29) is 0 Å². The standard InChI is InChI=1S/C11H14Cl2N2/c1-6-2-10(6)15-5-7-3-8(12)11(14)9(13)4-7/h3-4,6,10,15H,2,5,14H2,1H3. The van der Waals surface area contributed by atoms with Crippen LogP contribution < -0.4 is 11.1 Å². The molecule has 0 radical (unpaired) electrons. The normalized spacial score (nSPS) is 24.2. The highest BCUT2D eigenvalue weighted by Crippen LogP contribution is 2.31. The van der Waals surface area contributed by atoms with E-state index in [0.29, 0.717) is 21.8 Å². The molecule has 4 heteroatoms. The highest BCUT2D eigenvalue weighted by molar-refractivity contribution is 6.38. The van der Waals surface area contributed by atoms with Crippen molar-refractivity contribution in [2.75, 3.05) is 5.73 Å². The topological polar surface area (TPSA) is 38.0 Å². The molecule has 2 unspecified atom stereocenters. The largest absolute Gasteiger partial charge is 0.396 e. The van der Waals surface area contributed by atoms with Crippen LogP contribution in [0.1, 0.15) is 18.9 Å². The molecule has 1 aliphatic rings. The van der Waals surface area contributed by atoms with Crippen LogP contribution in [0.25, 0.3) is 0 Å². The fourth-order valence-electron chi connectivity index (χ4n) is 1.59. The fraction of sp³-hybridized carbons (Fsp3) is 0.455. The fourth-order valence-corrected chi connectivity index (χ4v) is 2.13. The summed E-state index contributed by atoms with van der Waals surface area (Å²) >= 11 is 11.9. The molecule has 1 aromatic rings. The maximum atomic E-state index is 5.94. The Kier molecular flexibility index (Phi) is 3.10. The van der Waals surface area contributed by atoms with Crippen LogP contribution in [0.2, 0.25) is 10.0 Å². The Labute approximate surface area is 99.7 Å². The van der Waals surface area contributed by atoms with Crippen LogP contribution in [0.5, 0.6) is 0 Å². The van der Waals surface area contributed by atoms with Gasteiger partial charge >= 0.3 is 0 Å². The second kappa shape index (κ2) is 4.20. The molecule has 1 aromatic carbocycles. The molecule has 2 nitrogen and oxygen atoms in total. The molecular weight excluding hydrogens is 231 g/mol. The number of rotatable bonds is 3. The van der Waals surface area contributed by atoms with Gasteiger partial charge in [0.15, 0.2) is 0 Å².